The Labute approximate surface area is 59.9 Å². The number of oxazole rings is 1. The first-order valence-corrected chi connectivity index (χ1v) is 3.06. The molecule has 0 aliphatic heterocycles. The molecule has 10 heavy (non-hydrogen) atoms. The number of aromatic nitrogens is 1. The Morgan fingerprint density at radius 1 is 1.80 bits per heavy atom. The third kappa shape index (κ3) is 1.35. The van der Waals surface area contributed by atoms with E-state index in [1.54, 1.807) is 6.20 Å². The van der Waals surface area contributed by atoms with Crippen molar-refractivity contribution in [3.8, 4) is 0 Å². The summed E-state index contributed by atoms with van der Waals surface area (Å²) in [6, 6.07) is 0. The fraction of sp³-hybridized carbons (Fsp3) is 0.125. The maximum absolute atomic E-state index is 4.99. The van der Waals surface area contributed by atoms with Gasteiger partial charge in [0.15, 0.2) is 0 Å². The largest absolute Gasteiger partial charge is 0.445 e. The Balaban J connectivity index is 2.78. The summed E-state index contributed by atoms with van der Waals surface area (Å²) in [6.45, 7) is 5.67. The number of rotatable bonds is 2. The molecule has 52 valence electrons. The van der Waals surface area contributed by atoms with Crippen LogP contribution in [0.25, 0.3) is 5.57 Å². The molecule has 1 rings (SSSR count). The van der Waals surface area contributed by atoms with Crippen LogP contribution in [-0.4, -0.2) is 4.98 Å². The Kier molecular flexibility index (Phi) is 2.05. The molecule has 0 fully saturated rings. The molecular weight excluding hydrogens is 126 g/mol. The van der Waals surface area contributed by atoms with Gasteiger partial charge in [-0.3, -0.25) is 0 Å². The molecule has 0 N–H and O–H groups in total. The zero-order chi connectivity index (χ0) is 7.40. The summed E-state index contributed by atoms with van der Waals surface area (Å²) < 4.78 is 4.99. The van der Waals surface area contributed by atoms with Crippen molar-refractivity contribution in [2.45, 2.75) is 6.92 Å². The van der Waals surface area contributed by atoms with Gasteiger partial charge in [0.1, 0.15) is 6.26 Å². The van der Waals surface area contributed by atoms with Crippen LogP contribution in [0.4, 0.5) is 0 Å². The van der Waals surface area contributed by atoms with Crippen molar-refractivity contribution in [2.24, 2.45) is 0 Å². The van der Waals surface area contributed by atoms with E-state index in [2.05, 4.69) is 11.6 Å². The second kappa shape index (κ2) is 3.01. The molecule has 0 bridgehead atoms. The normalized spacial score (nSPS) is 10.5. The van der Waals surface area contributed by atoms with E-state index in [9.17, 15) is 0 Å². The molecule has 0 amide bonds. The van der Waals surface area contributed by atoms with Gasteiger partial charge >= 0.3 is 0 Å². The highest BCUT2D eigenvalue weighted by Crippen LogP contribution is 2.09. The summed E-state index contributed by atoms with van der Waals surface area (Å²) in [5.74, 6) is 0.582. The lowest BCUT2D eigenvalue weighted by atomic mass is 10.3. The first-order valence-electron chi connectivity index (χ1n) is 3.06. The first-order chi connectivity index (χ1) is 4.84. The van der Waals surface area contributed by atoms with E-state index < -0.39 is 0 Å². The molecule has 0 atom stereocenters. The predicted octanol–water partition coefficient (Wildman–Crippen LogP) is 2.26. The van der Waals surface area contributed by atoms with E-state index in [1.165, 1.54) is 6.26 Å². The zero-order valence-electron chi connectivity index (χ0n) is 5.87. The highest BCUT2D eigenvalue weighted by molar-refractivity contribution is 5.65. The predicted molar refractivity (Wildman–Crippen MR) is 40.4 cm³/mol. The van der Waals surface area contributed by atoms with Crippen molar-refractivity contribution in [3.05, 3.63) is 37.1 Å². The molecule has 1 heterocycles. The van der Waals surface area contributed by atoms with E-state index >= 15 is 0 Å². The second-order valence-electron chi connectivity index (χ2n) is 1.86. The molecule has 0 unspecified atom stereocenters. The van der Waals surface area contributed by atoms with E-state index in [1.807, 2.05) is 19.1 Å². The van der Waals surface area contributed by atoms with Crippen molar-refractivity contribution in [2.75, 3.05) is 0 Å². The number of hydrogen-bond acceptors (Lipinski definition) is 2. The van der Waals surface area contributed by atoms with Crippen LogP contribution in [0.5, 0.6) is 0 Å². The summed E-state index contributed by atoms with van der Waals surface area (Å²) in [4.78, 5) is 3.92. The smallest absolute Gasteiger partial charge is 0.225 e. The summed E-state index contributed by atoms with van der Waals surface area (Å²) in [5.41, 5.74) is 0.799. The maximum atomic E-state index is 4.99. The van der Waals surface area contributed by atoms with Crippen molar-refractivity contribution in [1.82, 2.24) is 4.98 Å². The fourth-order valence-corrected chi connectivity index (χ4v) is 0.655. The third-order valence-corrected chi connectivity index (χ3v) is 1.07. The molecular formula is C8H9NO. The van der Waals surface area contributed by atoms with Gasteiger partial charge in [0.05, 0.1) is 6.20 Å². The molecule has 1 aromatic heterocycles. The minimum Gasteiger partial charge on any atom is -0.445 e. The summed E-state index contributed by atoms with van der Waals surface area (Å²) >= 11 is 0. The summed E-state index contributed by atoms with van der Waals surface area (Å²) in [6.07, 6.45) is 6.88. The van der Waals surface area contributed by atoms with E-state index in [0.29, 0.717) is 5.89 Å². The molecule has 0 aliphatic carbocycles. The van der Waals surface area contributed by atoms with Gasteiger partial charge in [-0.2, -0.15) is 0 Å². The van der Waals surface area contributed by atoms with Crippen LogP contribution < -0.4 is 0 Å². The van der Waals surface area contributed by atoms with Crippen molar-refractivity contribution in [1.29, 1.82) is 0 Å². The molecule has 0 saturated heterocycles. The number of nitrogens with zero attached hydrogens (tertiary/aromatic N) is 1. The molecule has 0 aromatic carbocycles. The first kappa shape index (κ1) is 6.81. The topological polar surface area (TPSA) is 26.0 Å². The molecule has 0 saturated carbocycles. The second-order valence-corrected chi connectivity index (χ2v) is 1.86. The lowest BCUT2D eigenvalue weighted by Gasteiger charge is -1.88. The molecule has 1 aromatic rings. The van der Waals surface area contributed by atoms with Gasteiger partial charge in [0.25, 0.3) is 0 Å². The van der Waals surface area contributed by atoms with Gasteiger partial charge < -0.3 is 4.42 Å². The third-order valence-electron chi connectivity index (χ3n) is 1.07. The Morgan fingerprint density at radius 2 is 2.60 bits per heavy atom. The minimum atomic E-state index is 0.582. The van der Waals surface area contributed by atoms with Crippen molar-refractivity contribution >= 4 is 5.57 Å². The van der Waals surface area contributed by atoms with Gasteiger partial charge in [-0.15, -0.1) is 0 Å². The lowest BCUT2D eigenvalue weighted by molar-refractivity contribution is 0.543. The monoisotopic (exact) mass is 135 g/mol. The van der Waals surface area contributed by atoms with Crippen LogP contribution in [0.15, 0.2) is 35.6 Å². The van der Waals surface area contributed by atoms with Gasteiger partial charge in [0.2, 0.25) is 5.89 Å². The standard InChI is InChI=1S/C8H9NO/c1-3-4-7(2)8-9-5-6-10-8/h3-6H,2H2,1H3/b4-3-. The maximum Gasteiger partial charge on any atom is 0.225 e. The highest BCUT2D eigenvalue weighted by atomic mass is 16.3. The van der Waals surface area contributed by atoms with Gasteiger partial charge in [0, 0.05) is 5.57 Å². The van der Waals surface area contributed by atoms with Gasteiger partial charge in [-0.1, -0.05) is 18.7 Å². The molecule has 2 nitrogen and oxygen atoms in total. The summed E-state index contributed by atoms with van der Waals surface area (Å²) in [7, 11) is 0. The van der Waals surface area contributed by atoms with Crippen LogP contribution in [-0.2, 0) is 0 Å². The zero-order valence-corrected chi connectivity index (χ0v) is 5.87. The van der Waals surface area contributed by atoms with E-state index in [-0.39, 0.29) is 0 Å². The van der Waals surface area contributed by atoms with Crippen LogP contribution in [0, 0.1) is 0 Å². The average molecular weight is 135 g/mol. The van der Waals surface area contributed by atoms with Crippen LogP contribution in [0.3, 0.4) is 0 Å². The number of allylic oxidation sites excluding steroid dienone is 3. The minimum absolute atomic E-state index is 0.582. The van der Waals surface area contributed by atoms with E-state index in [4.69, 9.17) is 4.42 Å². The SMILES string of the molecule is C=C(/C=C\C)c1ncco1. The molecule has 0 radical (unpaired) electrons. The average Bonchev–Trinajstić information content (AvgIpc) is 2.38. The quantitative estimate of drug-likeness (QED) is 0.581. The highest BCUT2D eigenvalue weighted by Gasteiger charge is 1.96. The Bertz CT molecular complexity index is 234. The van der Waals surface area contributed by atoms with Gasteiger partial charge in [-0.25, -0.2) is 4.98 Å². The summed E-state index contributed by atoms with van der Waals surface area (Å²) in [5, 5.41) is 0. The molecule has 0 spiro atoms. The van der Waals surface area contributed by atoms with E-state index in [0.717, 1.165) is 5.57 Å². The lowest BCUT2D eigenvalue weighted by Crippen LogP contribution is -1.75. The van der Waals surface area contributed by atoms with Gasteiger partial charge in [-0.05, 0) is 6.92 Å². The molecule has 0 aliphatic rings. The number of hydrogen-bond donors (Lipinski definition) is 0. The molecule has 2 heteroatoms. The van der Waals surface area contributed by atoms with Crippen molar-refractivity contribution in [3.63, 3.8) is 0 Å². The Hall–Kier alpha value is -1.31. The van der Waals surface area contributed by atoms with Crippen LogP contribution in [0.2, 0.25) is 0 Å². The Morgan fingerprint density at radius 3 is 3.10 bits per heavy atom. The fourth-order valence-electron chi connectivity index (χ4n) is 0.655. The van der Waals surface area contributed by atoms with Crippen molar-refractivity contribution < 1.29 is 4.42 Å². The van der Waals surface area contributed by atoms with Crippen LogP contribution in [0.1, 0.15) is 12.8 Å². The van der Waals surface area contributed by atoms with Crippen LogP contribution >= 0.6 is 0 Å².